The number of hydrogen-bond donors (Lipinski definition) is 1. The molecule has 1 unspecified atom stereocenters. The third kappa shape index (κ3) is 3.24. The van der Waals surface area contributed by atoms with Crippen molar-refractivity contribution in [1.82, 2.24) is 19.5 Å². The lowest BCUT2D eigenvalue weighted by Crippen LogP contribution is -2.34. The lowest BCUT2D eigenvalue weighted by molar-refractivity contribution is -0.0499. The zero-order chi connectivity index (χ0) is 18.1. The Balaban J connectivity index is 1.78. The van der Waals surface area contributed by atoms with Crippen molar-refractivity contribution in [2.45, 2.75) is 31.9 Å². The molecule has 3 aromatic rings. The molecule has 1 aliphatic rings. The molecule has 3 heterocycles. The predicted molar refractivity (Wildman–Crippen MR) is 92.9 cm³/mol. The zero-order valence-electron chi connectivity index (χ0n) is 13.9. The van der Waals surface area contributed by atoms with E-state index in [2.05, 4.69) is 19.7 Å². The number of alkyl halides is 2. The van der Waals surface area contributed by atoms with Crippen LogP contribution in [0.2, 0.25) is 0 Å². The Bertz CT molecular complexity index is 892. The first-order chi connectivity index (χ1) is 12.6. The van der Waals surface area contributed by atoms with Gasteiger partial charge in [0, 0.05) is 0 Å². The van der Waals surface area contributed by atoms with Crippen molar-refractivity contribution in [3.8, 4) is 11.6 Å². The van der Waals surface area contributed by atoms with E-state index in [-0.39, 0.29) is 17.7 Å². The molecular formula is C17H18F2N4O2S. The van der Waals surface area contributed by atoms with Crippen LogP contribution in [0.3, 0.4) is 0 Å². The van der Waals surface area contributed by atoms with Crippen LogP contribution in [-0.2, 0) is 0 Å². The summed E-state index contributed by atoms with van der Waals surface area (Å²) in [6.07, 6.45) is 4.68. The molecule has 26 heavy (non-hydrogen) atoms. The van der Waals surface area contributed by atoms with E-state index in [9.17, 15) is 13.9 Å². The lowest BCUT2D eigenvalue weighted by atomic mass is 10.00. The molecule has 0 spiro atoms. The van der Waals surface area contributed by atoms with E-state index in [4.69, 9.17) is 0 Å². The Morgan fingerprint density at radius 1 is 1.19 bits per heavy atom. The van der Waals surface area contributed by atoms with Gasteiger partial charge in [0.05, 0.1) is 10.9 Å². The van der Waals surface area contributed by atoms with Crippen LogP contribution in [0.1, 0.15) is 35.7 Å². The summed E-state index contributed by atoms with van der Waals surface area (Å²) in [5, 5.41) is 14.7. The summed E-state index contributed by atoms with van der Waals surface area (Å²) in [5.41, 5.74) is 0.796. The van der Waals surface area contributed by atoms with E-state index < -0.39 is 6.61 Å². The van der Waals surface area contributed by atoms with Crippen LogP contribution in [0.15, 0.2) is 30.6 Å². The van der Waals surface area contributed by atoms with E-state index in [0.29, 0.717) is 9.84 Å². The average molecular weight is 380 g/mol. The highest BCUT2D eigenvalue weighted by atomic mass is 32.1. The van der Waals surface area contributed by atoms with Crippen LogP contribution in [0.5, 0.6) is 11.6 Å². The molecule has 0 saturated carbocycles. The summed E-state index contributed by atoms with van der Waals surface area (Å²) >= 11 is 1.36. The Morgan fingerprint density at radius 3 is 2.73 bits per heavy atom. The van der Waals surface area contributed by atoms with Gasteiger partial charge < -0.3 is 9.84 Å². The fraction of sp³-hybridized carbons (Fsp3) is 0.412. The zero-order valence-corrected chi connectivity index (χ0v) is 14.7. The van der Waals surface area contributed by atoms with E-state index in [1.54, 1.807) is 12.1 Å². The minimum atomic E-state index is -2.87. The number of aromatic hydroxyl groups is 1. The molecule has 0 aliphatic carbocycles. The number of hydrogen-bond acceptors (Lipinski definition) is 6. The molecule has 6 nitrogen and oxygen atoms in total. The van der Waals surface area contributed by atoms with Crippen LogP contribution < -0.4 is 4.74 Å². The maximum atomic E-state index is 12.6. The van der Waals surface area contributed by atoms with Gasteiger partial charge in [-0.3, -0.25) is 4.90 Å². The van der Waals surface area contributed by atoms with Crippen molar-refractivity contribution >= 4 is 16.3 Å². The van der Waals surface area contributed by atoms with Crippen molar-refractivity contribution in [1.29, 1.82) is 0 Å². The number of aromatic nitrogens is 3. The van der Waals surface area contributed by atoms with Gasteiger partial charge in [0.25, 0.3) is 0 Å². The summed E-state index contributed by atoms with van der Waals surface area (Å²) in [7, 11) is 0. The van der Waals surface area contributed by atoms with Gasteiger partial charge in [-0.25, -0.2) is 4.98 Å². The summed E-state index contributed by atoms with van der Waals surface area (Å²) in [6, 6.07) is 6.42. The monoisotopic (exact) mass is 380 g/mol. The third-order valence-electron chi connectivity index (χ3n) is 4.54. The first-order valence-corrected chi connectivity index (χ1v) is 9.25. The minimum Gasteiger partial charge on any atom is -0.492 e. The van der Waals surface area contributed by atoms with Crippen molar-refractivity contribution in [2.75, 3.05) is 13.1 Å². The van der Waals surface area contributed by atoms with Gasteiger partial charge in [0.15, 0.2) is 0 Å². The van der Waals surface area contributed by atoms with E-state index in [0.717, 1.165) is 31.5 Å². The van der Waals surface area contributed by atoms with Crippen molar-refractivity contribution in [3.05, 3.63) is 41.0 Å². The highest BCUT2D eigenvalue weighted by molar-refractivity contribution is 7.17. The van der Waals surface area contributed by atoms with E-state index in [1.165, 1.54) is 34.7 Å². The second-order valence-electron chi connectivity index (χ2n) is 6.19. The molecule has 1 atom stereocenters. The Labute approximate surface area is 152 Å². The first-order valence-electron chi connectivity index (χ1n) is 8.43. The van der Waals surface area contributed by atoms with Gasteiger partial charge in [0.2, 0.25) is 10.8 Å². The van der Waals surface area contributed by atoms with Gasteiger partial charge in [-0.15, -0.1) is 0 Å². The van der Waals surface area contributed by atoms with Crippen molar-refractivity contribution in [2.24, 2.45) is 0 Å². The van der Waals surface area contributed by atoms with Gasteiger partial charge in [0.1, 0.15) is 12.1 Å². The molecule has 1 N–H and O–H groups in total. The number of rotatable bonds is 5. The number of nitrogens with zero attached hydrogens (tertiary/aromatic N) is 4. The smallest absolute Gasteiger partial charge is 0.387 e. The SMILES string of the molecule is Oc1c(C(c2cccc(OC(F)F)c2)N2CCCCC2)sc2ncnn12. The topological polar surface area (TPSA) is 62.9 Å². The molecule has 1 saturated heterocycles. The van der Waals surface area contributed by atoms with Gasteiger partial charge in [-0.05, 0) is 43.6 Å². The molecule has 4 rings (SSSR count). The summed E-state index contributed by atoms with van der Waals surface area (Å²) in [6.45, 7) is -1.13. The quantitative estimate of drug-likeness (QED) is 0.732. The van der Waals surface area contributed by atoms with Gasteiger partial charge >= 0.3 is 6.61 Å². The number of benzene rings is 1. The number of piperidine rings is 1. The lowest BCUT2D eigenvalue weighted by Gasteiger charge is -2.34. The predicted octanol–water partition coefficient (Wildman–Crippen LogP) is 3.67. The molecular weight excluding hydrogens is 362 g/mol. The molecule has 2 aromatic heterocycles. The van der Waals surface area contributed by atoms with Crippen LogP contribution >= 0.6 is 11.3 Å². The normalized spacial score (nSPS) is 17.0. The van der Waals surface area contributed by atoms with Crippen molar-refractivity contribution < 1.29 is 18.6 Å². The minimum absolute atomic E-state index is 0.0401. The van der Waals surface area contributed by atoms with Crippen molar-refractivity contribution in [3.63, 3.8) is 0 Å². The summed E-state index contributed by atoms with van der Waals surface area (Å²) in [4.78, 5) is 7.71. The maximum absolute atomic E-state index is 12.6. The highest BCUT2D eigenvalue weighted by Gasteiger charge is 2.30. The molecule has 138 valence electrons. The van der Waals surface area contributed by atoms with Gasteiger partial charge in [-0.2, -0.15) is 18.4 Å². The van der Waals surface area contributed by atoms with Crippen LogP contribution in [0.4, 0.5) is 8.78 Å². The van der Waals surface area contributed by atoms with E-state index in [1.807, 2.05) is 6.07 Å². The summed E-state index contributed by atoms with van der Waals surface area (Å²) in [5.74, 6) is 0.150. The standard InChI is InChI=1S/C17H18F2N4O2S/c18-16(19)25-12-6-4-5-11(9-12)13(22-7-2-1-3-8-22)14-15(24)23-17(26-14)20-10-21-23/h4-6,9-10,13,16,24H,1-3,7-8H2. The molecule has 1 aromatic carbocycles. The highest BCUT2D eigenvalue weighted by Crippen LogP contribution is 2.41. The number of likely N-dealkylation sites (tertiary alicyclic amines) is 1. The molecule has 1 fully saturated rings. The van der Waals surface area contributed by atoms with Gasteiger partial charge in [-0.1, -0.05) is 29.9 Å². The molecule has 0 bridgehead atoms. The second-order valence-corrected chi connectivity index (χ2v) is 7.20. The van der Waals surface area contributed by atoms with Crippen LogP contribution in [0, 0.1) is 0 Å². The maximum Gasteiger partial charge on any atom is 0.387 e. The fourth-order valence-corrected chi connectivity index (χ4v) is 4.53. The Morgan fingerprint density at radius 2 is 2.00 bits per heavy atom. The molecule has 0 amide bonds. The van der Waals surface area contributed by atoms with E-state index >= 15 is 0 Å². The number of thiazole rings is 1. The molecule has 0 radical (unpaired) electrons. The Kier molecular flexibility index (Phi) is 4.73. The number of ether oxygens (including phenoxy) is 1. The molecule has 9 heteroatoms. The largest absolute Gasteiger partial charge is 0.492 e. The summed E-state index contributed by atoms with van der Waals surface area (Å²) < 4.78 is 31.2. The molecule has 1 aliphatic heterocycles. The first kappa shape index (κ1) is 17.2. The van der Waals surface area contributed by atoms with Crippen LogP contribution in [0.25, 0.3) is 4.96 Å². The van der Waals surface area contributed by atoms with Crippen LogP contribution in [-0.4, -0.2) is 44.3 Å². The Hall–Kier alpha value is -2.26. The average Bonchev–Trinajstić information content (AvgIpc) is 3.20. The number of fused-ring (bicyclic) bond motifs is 1. The second kappa shape index (κ2) is 7.16. The fourth-order valence-electron chi connectivity index (χ4n) is 3.44. The number of halogens is 2. The third-order valence-corrected chi connectivity index (χ3v) is 5.63.